The van der Waals surface area contributed by atoms with E-state index in [2.05, 4.69) is 0 Å². The fraction of sp³-hybridized carbons (Fsp3) is 0.222. The second-order valence-electron chi connectivity index (χ2n) is 4.88. The molecule has 0 aliphatic rings. The molecule has 2 rings (SSSR count). The first kappa shape index (κ1) is 18.3. The van der Waals surface area contributed by atoms with Gasteiger partial charge in [-0.05, 0) is 11.1 Å². The molecule has 0 saturated heterocycles. The molecule has 6 heteroatoms. The highest BCUT2D eigenvalue weighted by Crippen LogP contribution is 2.22. The molecule has 0 amide bonds. The zero-order valence-corrected chi connectivity index (χ0v) is 14.2. The third-order valence-electron chi connectivity index (χ3n) is 3.17. The van der Waals surface area contributed by atoms with Crippen molar-refractivity contribution in [3.8, 4) is 0 Å². The van der Waals surface area contributed by atoms with Crippen molar-refractivity contribution in [1.82, 2.24) is 0 Å². The van der Waals surface area contributed by atoms with Crippen LogP contribution >= 0.6 is 23.2 Å². The number of benzene rings is 2. The maximum Gasteiger partial charge on any atom is 0.328 e. The average molecular weight is 367 g/mol. The minimum absolute atomic E-state index is 0.0843. The van der Waals surface area contributed by atoms with Gasteiger partial charge < -0.3 is 9.47 Å². The average Bonchev–Trinajstić information content (AvgIpc) is 2.65. The van der Waals surface area contributed by atoms with Crippen molar-refractivity contribution in [1.29, 1.82) is 0 Å². The molecule has 0 aliphatic heterocycles. The lowest BCUT2D eigenvalue weighted by Gasteiger charge is -2.12. The van der Waals surface area contributed by atoms with E-state index in [9.17, 15) is 9.59 Å². The lowest BCUT2D eigenvalue weighted by atomic mass is 10.1. The van der Waals surface area contributed by atoms with Gasteiger partial charge in [-0.25, -0.2) is 0 Å². The van der Waals surface area contributed by atoms with Crippen molar-refractivity contribution in [2.75, 3.05) is 13.2 Å². The Labute approximate surface area is 150 Å². The topological polar surface area (TPSA) is 52.6 Å². The SMILES string of the molecule is O=C(OCCOC(=O)C(Cl)c1ccccc1)C(Cl)c1ccccc1. The van der Waals surface area contributed by atoms with E-state index in [4.69, 9.17) is 32.7 Å². The second-order valence-corrected chi connectivity index (χ2v) is 5.75. The van der Waals surface area contributed by atoms with Gasteiger partial charge in [-0.3, -0.25) is 9.59 Å². The van der Waals surface area contributed by atoms with E-state index < -0.39 is 22.7 Å². The van der Waals surface area contributed by atoms with Gasteiger partial charge >= 0.3 is 11.9 Å². The van der Waals surface area contributed by atoms with Crippen LogP contribution in [0.15, 0.2) is 60.7 Å². The summed E-state index contributed by atoms with van der Waals surface area (Å²) in [5, 5.41) is -1.79. The van der Waals surface area contributed by atoms with E-state index in [0.717, 1.165) is 0 Å². The third-order valence-corrected chi connectivity index (χ3v) is 4.03. The van der Waals surface area contributed by atoms with E-state index in [1.165, 1.54) is 0 Å². The Morgan fingerprint density at radius 2 is 1.04 bits per heavy atom. The van der Waals surface area contributed by atoms with Gasteiger partial charge in [-0.2, -0.15) is 0 Å². The summed E-state index contributed by atoms with van der Waals surface area (Å²) >= 11 is 12.1. The maximum atomic E-state index is 11.8. The quantitative estimate of drug-likeness (QED) is 0.421. The molecule has 24 heavy (non-hydrogen) atoms. The highest BCUT2D eigenvalue weighted by molar-refractivity contribution is 6.30. The van der Waals surface area contributed by atoms with Gasteiger partial charge in [0.25, 0.3) is 0 Å². The van der Waals surface area contributed by atoms with E-state index in [0.29, 0.717) is 11.1 Å². The van der Waals surface area contributed by atoms with Gasteiger partial charge in [0.2, 0.25) is 0 Å². The molecule has 2 unspecified atom stereocenters. The Bertz CT molecular complexity index is 602. The number of halogens is 2. The number of ether oxygens (including phenoxy) is 2. The van der Waals surface area contributed by atoms with Crippen LogP contribution in [0.25, 0.3) is 0 Å². The zero-order chi connectivity index (χ0) is 17.4. The molecule has 2 aromatic rings. The van der Waals surface area contributed by atoms with Crippen molar-refractivity contribution >= 4 is 35.1 Å². The van der Waals surface area contributed by atoms with Gasteiger partial charge in [0.05, 0.1) is 0 Å². The van der Waals surface area contributed by atoms with E-state index in [-0.39, 0.29) is 13.2 Å². The molecule has 0 saturated carbocycles. The first-order valence-corrected chi connectivity index (χ1v) is 8.18. The predicted molar refractivity (Wildman–Crippen MR) is 92.0 cm³/mol. The summed E-state index contributed by atoms with van der Waals surface area (Å²) in [5.41, 5.74) is 1.29. The Balaban J connectivity index is 1.72. The minimum atomic E-state index is -0.896. The number of alkyl halides is 2. The molecule has 0 radical (unpaired) electrons. The van der Waals surface area contributed by atoms with Gasteiger partial charge in [0, 0.05) is 0 Å². The summed E-state index contributed by atoms with van der Waals surface area (Å²) in [7, 11) is 0. The monoisotopic (exact) mass is 366 g/mol. The summed E-state index contributed by atoms with van der Waals surface area (Å²) < 4.78 is 10.0. The normalized spacial score (nSPS) is 12.9. The second kappa shape index (κ2) is 9.30. The van der Waals surface area contributed by atoms with Crippen LogP contribution in [0.4, 0.5) is 0 Å². The first-order chi connectivity index (χ1) is 11.6. The summed E-state index contributed by atoms with van der Waals surface area (Å²) in [5.74, 6) is -1.19. The summed E-state index contributed by atoms with van der Waals surface area (Å²) in [6.45, 7) is -0.169. The number of carbonyl (C=O) groups excluding carboxylic acids is 2. The zero-order valence-electron chi connectivity index (χ0n) is 12.7. The molecule has 2 atom stereocenters. The number of esters is 2. The smallest absolute Gasteiger partial charge is 0.328 e. The van der Waals surface area contributed by atoms with Crippen LogP contribution in [0.3, 0.4) is 0 Å². The van der Waals surface area contributed by atoms with Crippen LogP contribution in [0, 0.1) is 0 Å². The number of hydrogen-bond donors (Lipinski definition) is 0. The molecule has 4 nitrogen and oxygen atoms in total. The Kier molecular flexibility index (Phi) is 7.09. The maximum absolute atomic E-state index is 11.8. The fourth-order valence-electron chi connectivity index (χ4n) is 1.95. The van der Waals surface area contributed by atoms with Crippen LogP contribution in [0.5, 0.6) is 0 Å². The largest absolute Gasteiger partial charge is 0.461 e. The van der Waals surface area contributed by atoms with E-state index in [1.54, 1.807) is 48.5 Å². The van der Waals surface area contributed by atoms with E-state index in [1.807, 2.05) is 12.1 Å². The molecule has 126 valence electrons. The first-order valence-electron chi connectivity index (χ1n) is 7.31. The molecule has 0 aliphatic carbocycles. The molecule has 0 heterocycles. The van der Waals surface area contributed by atoms with Gasteiger partial charge in [-0.15, -0.1) is 23.2 Å². The molecule has 0 aromatic heterocycles. The molecule has 2 aromatic carbocycles. The van der Waals surface area contributed by atoms with Crippen LogP contribution in [0.2, 0.25) is 0 Å². The molecule has 0 bridgehead atoms. The third kappa shape index (κ3) is 5.25. The van der Waals surface area contributed by atoms with Crippen molar-refractivity contribution < 1.29 is 19.1 Å². The van der Waals surface area contributed by atoms with Crippen molar-refractivity contribution in [3.05, 3.63) is 71.8 Å². The van der Waals surface area contributed by atoms with Gasteiger partial charge in [-0.1, -0.05) is 60.7 Å². The van der Waals surface area contributed by atoms with Crippen LogP contribution in [-0.4, -0.2) is 25.2 Å². The highest BCUT2D eigenvalue weighted by atomic mass is 35.5. The Hall–Kier alpha value is -2.04. The van der Waals surface area contributed by atoms with Crippen molar-refractivity contribution in [2.24, 2.45) is 0 Å². The van der Waals surface area contributed by atoms with Crippen molar-refractivity contribution in [2.45, 2.75) is 10.8 Å². The molecular weight excluding hydrogens is 351 g/mol. The number of hydrogen-bond acceptors (Lipinski definition) is 4. The van der Waals surface area contributed by atoms with Gasteiger partial charge in [0.15, 0.2) is 10.8 Å². The lowest BCUT2D eigenvalue weighted by Crippen LogP contribution is -2.18. The minimum Gasteiger partial charge on any atom is -0.461 e. The van der Waals surface area contributed by atoms with Crippen molar-refractivity contribution in [3.63, 3.8) is 0 Å². The summed E-state index contributed by atoms with van der Waals surface area (Å²) in [6, 6.07) is 17.7. The lowest BCUT2D eigenvalue weighted by molar-refractivity contribution is -0.151. The molecule has 0 N–H and O–H groups in total. The Morgan fingerprint density at radius 3 is 1.38 bits per heavy atom. The molecule has 0 fully saturated rings. The van der Waals surface area contributed by atoms with Gasteiger partial charge in [0.1, 0.15) is 13.2 Å². The summed E-state index contributed by atoms with van der Waals surface area (Å²) in [6.07, 6.45) is 0. The predicted octanol–water partition coefficient (Wildman–Crippen LogP) is 4.03. The number of rotatable bonds is 7. The van der Waals surface area contributed by atoms with Crippen LogP contribution in [-0.2, 0) is 19.1 Å². The Morgan fingerprint density at radius 1 is 0.708 bits per heavy atom. The molecular formula is C18H16Cl2O4. The highest BCUT2D eigenvalue weighted by Gasteiger charge is 2.21. The summed E-state index contributed by atoms with van der Waals surface area (Å²) in [4.78, 5) is 23.6. The molecule has 0 spiro atoms. The number of carbonyl (C=O) groups is 2. The van der Waals surface area contributed by atoms with E-state index >= 15 is 0 Å². The van der Waals surface area contributed by atoms with Crippen LogP contribution in [0.1, 0.15) is 21.9 Å². The standard InChI is InChI=1S/C18H16Cl2O4/c19-15(13-7-3-1-4-8-13)17(21)23-11-12-24-18(22)16(20)14-9-5-2-6-10-14/h1-10,15-16H,11-12H2. The fourth-order valence-corrected chi connectivity index (χ4v) is 2.36. The van der Waals surface area contributed by atoms with Crippen LogP contribution < -0.4 is 0 Å².